The van der Waals surface area contributed by atoms with Gasteiger partial charge in [0.15, 0.2) is 0 Å². The molecule has 1 aromatic carbocycles. The minimum atomic E-state index is -1.13. The Hall–Kier alpha value is -2.74. The maximum Gasteiger partial charge on any atom is 0.305 e. The zero-order valence-electron chi connectivity index (χ0n) is 10.3. The highest BCUT2D eigenvalue weighted by molar-refractivity contribution is 5.96. The van der Waals surface area contributed by atoms with Crippen LogP contribution in [0.1, 0.15) is 6.42 Å². The van der Waals surface area contributed by atoms with Gasteiger partial charge in [-0.3, -0.25) is 9.59 Å². The van der Waals surface area contributed by atoms with Crippen molar-refractivity contribution in [3.8, 4) is 11.5 Å². The molecule has 4 N–H and O–H groups in total. The normalized spacial score (nSPS) is 11.8. The van der Waals surface area contributed by atoms with Crippen LogP contribution in [0.5, 0.6) is 0 Å². The lowest BCUT2D eigenvalue weighted by atomic mass is 10.2. The number of nitrogens with one attached hydrogen (secondary N) is 1. The van der Waals surface area contributed by atoms with Crippen LogP contribution in [0.15, 0.2) is 35.1 Å². The largest absolute Gasteiger partial charge is 0.481 e. The Morgan fingerprint density at radius 3 is 2.60 bits per heavy atom. The summed E-state index contributed by atoms with van der Waals surface area (Å²) in [6.45, 7) is 0. The van der Waals surface area contributed by atoms with Gasteiger partial charge < -0.3 is 20.6 Å². The number of nitrogens with zero attached hydrogens (tertiary/aromatic N) is 2. The first-order chi connectivity index (χ1) is 9.56. The van der Waals surface area contributed by atoms with E-state index in [1.807, 2.05) is 0 Å². The predicted molar refractivity (Wildman–Crippen MR) is 68.6 cm³/mol. The predicted octanol–water partition coefficient (Wildman–Crippen LogP) is 0.477. The van der Waals surface area contributed by atoms with Crippen molar-refractivity contribution in [3.05, 3.63) is 30.7 Å². The van der Waals surface area contributed by atoms with Gasteiger partial charge in [0.2, 0.25) is 18.2 Å². The smallest absolute Gasteiger partial charge is 0.305 e. The number of benzene rings is 1. The first kappa shape index (κ1) is 13.7. The van der Waals surface area contributed by atoms with Gasteiger partial charge in [0.25, 0.3) is 0 Å². The van der Waals surface area contributed by atoms with Crippen molar-refractivity contribution in [3.63, 3.8) is 0 Å². The van der Waals surface area contributed by atoms with E-state index in [2.05, 4.69) is 15.5 Å². The standard InChI is InChI=1S/C12H12N4O4/c13-9(5-10(17)18)11(19)15-8-3-1-7(2-4-8)12-16-14-6-20-12/h1-4,6,9H,5,13H2,(H,15,19)(H,17,18). The average Bonchev–Trinajstić information content (AvgIpc) is 2.92. The first-order valence-corrected chi connectivity index (χ1v) is 5.71. The second-order valence-electron chi connectivity index (χ2n) is 4.01. The van der Waals surface area contributed by atoms with Crippen LogP contribution in [0.4, 0.5) is 5.69 Å². The Kier molecular flexibility index (Phi) is 4.06. The highest BCUT2D eigenvalue weighted by Crippen LogP contribution is 2.18. The molecule has 0 bridgehead atoms. The number of carbonyl (C=O) groups is 2. The van der Waals surface area contributed by atoms with Crippen LogP contribution in [0.3, 0.4) is 0 Å². The van der Waals surface area contributed by atoms with Crippen LogP contribution in [-0.4, -0.2) is 33.2 Å². The highest BCUT2D eigenvalue weighted by atomic mass is 16.4. The van der Waals surface area contributed by atoms with Gasteiger partial charge in [-0.05, 0) is 24.3 Å². The molecule has 1 atom stereocenters. The van der Waals surface area contributed by atoms with E-state index in [1.54, 1.807) is 24.3 Å². The van der Waals surface area contributed by atoms with E-state index in [1.165, 1.54) is 6.39 Å². The molecule has 0 saturated heterocycles. The van der Waals surface area contributed by atoms with E-state index in [0.717, 1.165) is 0 Å². The van der Waals surface area contributed by atoms with Crippen molar-refractivity contribution in [1.29, 1.82) is 0 Å². The van der Waals surface area contributed by atoms with Gasteiger partial charge in [-0.2, -0.15) is 0 Å². The number of carboxylic acids is 1. The van der Waals surface area contributed by atoms with Crippen molar-refractivity contribution in [2.75, 3.05) is 5.32 Å². The van der Waals surface area contributed by atoms with E-state index >= 15 is 0 Å². The summed E-state index contributed by atoms with van der Waals surface area (Å²) < 4.78 is 5.03. The van der Waals surface area contributed by atoms with Gasteiger partial charge in [-0.25, -0.2) is 0 Å². The number of aromatic nitrogens is 2. The van der Waals surface area contributed by atoms with Crippen LogP contribution in [-0.2, 0) is 9.59 Å². The molecule has 8 heteroatoms. The Morgan fingerprint density at radius 2 is 2.05 bits per heavy atom. The summed E-state index contributed by atoms with van der Waals surface area (Å²) in [4.78, 5) is 22.1. The van der Waals surface area contributed by atoms with Crippen molar-refractivity contribution < 1.29 is 19.1 Å². The number of carboxylic acid groups (broad SMARTS) is 1. The van der Waals surface area contributed by atoms with Gasteiger partial charge in [-0.1, -0.05) is 0 Å². The van der Waals surface area contributed by atoms with Crippen molar-refractivity contribution >= 4 is 17.6 Å². The Balaban J connectivity index is 2.00. The van der Waals surface area contributed by atoms with Crippen LogP contribution < -0.4 is 11.1 Å². The Labute approximate surface area is 113 Å². The van der Waals surface area contributed by atoms with Gasteiger partial charge in [-0.15, -0.1) is 10.2 Å². The molecule has 0 spiro atoms. The summed E-state index contributed by atoms with van der Waals surface area (Å²) in [7, 11) is 0. The molecule has 1 unspecified atom stereocenters. The average molecular weight is 276 g/mol. The molecular weight excluding hydrogens is 264 g/mol. The lowest BCUT2D eigenvalue weighted by Gasteiger charge is -2.10. The molecular formula is C12H12N4O4. The monoisotopic (exact) mass is 276 g/mol. The second kappa shape index (κ2) is 5.93. The third kappa shape index (κ3) is 3.39. The summed E-state index contributed by atoms with van der Waals surface area (Å²) in [5.41, 5.74) is 6.65. The van der Waals surface area contributed by atoms with Crippen molar-refractivity contribution in [2.45, 2.75) is 12.5 Å². The molecule has 0 aliphatic heterocycles. The molecule has 1 heterocycles. The number of anilines is 1. The van der Waals surface area contributed by atoms with E-state index < -0.39 is 24.3 Å². The summed E-state index contributed by atoms with van der Waals surface area (Å²) >= 11 is 0. The Bertz CT molecular complexity index is 594. The van der Waals surface area contributed by atoms with E-state index in [-0.39, 0.29) is 0 Å². The summed E-state index contributed by atoms with van der Waals surface area (Å²) in [5, 5.41) is 18.4. The topological polar surface area (TPSA) is 131 Å². The molecule has 0 aliphatic rings. The maximum atomic E-state index is 11.6. The van der Waals surface area contributed by atoms with E-state index in [4.69, 9.17) is 15.3 Å². The summed E-state index contributed by atoms with van der Waals surface area (Å²) in [6, 6.07) is 5.54. The van der Waals surface area contributed by atoms with Crippen LogP contribution in [0.2, 0.25) is 0 Å². The third-order valence-corrected chi connectivity index (χ3v) is 2.49. The van der Waals surface area contributed by atoms with Crippen molar-refractivity contribution in [2.24, 2.45) is 5.73 Å². The zero-order valence-corrected chi connectivity index (χ0v) is 10.3. The maximum absolute atomic E-state index is 11.6. The van der Waals surface area contributed by atoms with Crippen LogP contribution in [0, 0.1) is 0 Å². The summed E-state index contributed by atoms with van der Waals surface area (Å²) in [6.07, 6.45) is 0.793. The molecule has 0 saturated carbocycles. The zero-order chi connectivity index (χ0) is 14.5. The number of aliphatic carboxylic acids is 1. The van der Waals surface area contributed by atoms with Gasteiger partial charge in [0.1, 0.15) is 0 Å². The van der Waals surface area contributed by atoms with Gasteiger partial charge >= 0.3 is 5.97 Å². The number of hydrogen-bond donors (Lipinski definition) is 3. The molecule has 0 aliphatic carbocycles. The van der Waals surface area contributed by atoms with E-state index in [9.17, 15) is 9.59 Å². The molecule has 0 fully saturated rings. The highest BCUT2D eigenvalue weighted by Gasteiger charge is 2.17. The lowest BCUT2D eigenvalue weighted by molar-refractivity contribution is -0.138. The molecule has 20 heavy (non-hydrogen) atoms. The van der Waals surface area contributed by atoms with Gasteiger partial charge in [0, 0.05) is 11.3 Å². The minimum absolute atomic E-state index is 0.366. The molecule has 1 amide bonds. The Morgan fingerprint density at radius 1 is 1.35 bits per heavy atom. The van der Waals surface area contributed by atoms with E-state index in [0.29, 0.717) is 17.1 Å². The third-order valence-electron chi connectivity index (χ3n) is 2.49. The molecule has 0 radical (unpaired) electrons. The molecule has 2 rings (SSSR count). The van der Waals surface area contributed by atoms with Crippen LogP contribution >= 0.6 is 0 Å². The number of nitrogens with two attached hydrogens (primary N) is 1. The molecule has 8 nitrogen and oxygen atoms in total. The van der Waals surface area contributed by atoms with Gasteiger partial charge in [0.05, 0.1) is 12.5 Å². The van der Waals surface area contributed by atoms with Crippen LogP contribution in [0.25, 0.3) is 11.5 Å². The summed E-state index contributed by atoms with van der Waals surface area (Å²) in [5.74, 6) is -1.32. The number of hydrogen-bond acceptors (Lipinski definition) is 6. The number of carbonyl (C=O) groups excluding carboxylic acids is 1. The second-order valence-corrected chi connectivity index (χ2v) is 4.01. The molecule has 1 aromatic heterocycles. The number of amides is 1. The lowest BCUT2D eigenvalue weighted by Crippen LogP contribution is -2.37. The molecule has 104 valence electrons. The first-order valence-electron chi connectivity index (χ1n) is 5.71. The van der Waals surface area contributed by atoms with Crippen molar-refractivity contribution in [1.82, 2.24) is 10.2 Å². The fourth-order valence-corrected chi connectivity index (χ4v) is 1.51. The molecule has 2 aromatic rings. The number of rotatable bonds is 5. The SMILES string of the molecule is NC(CC(=O)O)C(=O)Nc1ccc(-c2nnco2)cc1. The minimum Gasteiger partial charge on any atom is -0.481 e. The fraction of sp³-hybridized carbons (Fsp3) is 0.167. The quantitative estimate of drug-likeness (QED) is 0.723. The fourth-order valence-electron chi connectivity index (χ4n) is 1.51.